The van der Waals surface area contributed by atoms with Crippen LogP contribution in [0.2, 0.25) is 0 Å². The molecular weight excluding hydrogens is 422 g/mol. The number of anilines is 2. The van der Waals surface area contributed by atoms with Crippen LogP contribution in [0.4, 0.5) is 17.1 Å². The summed E-state index contributed by atoms with van der Waals surface area (Å²) in [5, 5.41) is 14.5. The summed E-state index contributed by atoms with van der Waals surface area (Å²) in [7, 11) is 0. The molecule has 0 bridgehead atoms. The minimum absolute atomic E-state index is 0.0514. The highest BCUT2D eigenvalue weighted by Crippen LogP contribution is 2.32. The Bertz CT molecular complexity index is 1290. The molecule has 1 fully saturated rings. The van der Waals surface area contributed by atoms with Gasteiger partial charge in [0.25, 0.3) is 11.6 Å². The minimum Gasteiger partial charge on any atom is -0.434 e. The fourth-order valence-corrected chi connectivity index (χ4v) is 4.01. The van der Waals surface area contributed by atoms with Gasteiger partial charge >= 0.3 is 0 Å². The van der Waals surface area contributed by atoms with Gasteiger partial charge in [0.1, 0.15) is 5.69 Å². The molecule has 1 N–H and O–H groups in total. The van der Waals surface area contributed by atoms with E-state index < -0.39 is 10.8 Å². The largest absolute Gasteiger partial charge is 0.434 e. The molecule has 0 unspecified atom stereocenters. The Hall–Kier alpha value is -4.27. The molecule has 2 aromatic carbocycles. The summed E-state index contributed by atoms with van der Waals surface area (Å²) in [4.78, 5) is 34.5. The summed E-state index contributed by atoms with van der Waals surface area (Å²) in [5.41, 5.74) is 3.17. The van der Waals surface area contributed by atoms with Crippen LogP contribution in [0.15, 0.2) is 65.2 Å². The summed E-state index contributed by atoms with van der Waals surface area (Å²) >= 11 is 0. The normalized spacial score (nSPS) is 13.8. The van der Waals surface area contributed by atoms with E-state index in [0.29, 0.717) is 28.5 Å². The summed E-state index contributed by atoms with van der Waals surface area (Å²) in [6.07, 6.45) is 4.80. The van der Waals surface area contributed by atoms with Gasteiger partial charge in [-0.2, -0.15) is 4.98 Å². The molecule has 0 spiro atoms. The van der Waals surface area contributed by atoms with Gasteiger partial charge < -0.3 is 14.6 Å². The molecule has 33 heavy (non-hydrogen) atoms. The zero-order valence-electron chi connectivity index (χ0n) is 17.7. The van der Waals surface area contributed by atoms with Crippen molar-refractivity contribution < 1.29 is 14.1 Å². The number of fused-ring (bicyclic) bond motifs is 1. The number of hydrogen-bond acceptors (Lipinski definition) is 7. The van der Waals surface area contributed by atoms with Gasteiger partial charge in [-0.1, -0.05) is 0 Å². The average Bonchev–Trinajstić information content (AvgIpc) is 3.29. The van der Waals surface area contributed by atoms with Crippen molar-refractivity contribution in [2.45, 2.75) is 19.3 Å². The second kappa shape index (κ2) is 8.70. The molecule has 9 nitrogen and oxygen atoms in total. The Morgan fingerprint density at radius 2 is 1.85 bits per heavy atom. The van der Waals surface area contributed by atoms with Gasteiger partial charge in [0, 0.05) is 42.2 Å². The Labute approximate surface area is 189 Å². The Balaban J connectivity index is 1.33. The predicted octanol–water partition coefficient (Wildman–Crippen LogP) is 5.04. The third-order valence-electron chi connectivity index (χ3n) is 5.69. The van der Waals surface area contributed by atoms with Gasteiger partial charge in [-0.25, -0.2) is 4.98 Å². The lowest BCUT2D eigenvalue weighted by Crippen LogP contribution is -2.30. The number of amides is 1. The van der Waals surface area contributed by atoms with E-state index in [-0.39, 0.29) is 11.3 Å². The number of pyridine rings is 1. The van der Waals surface area contributed by atoms with E-state index in [1.807, 2.05) is 4.90 Å². The molecule has 1 aliphatic heterocycles. The van der Waals surface area contributed by atoms with Crippen molar-refractivity contribution in [2.24, 2.45) is 0 Å². The zero-order chi connectivity index (χ0) is 22.8. The molecule has 9 heteroatoms. The number of nitro groups is 1. The molecule has 1 aliphatic rings. The third kappa shape index (κ3) is 4.25. The topological polar surface area (TPSA) is 114 Å². The first-order valence-electron chi connectivity index (χ1n) is 10.8. The Morgan fingerprint density at radius 1 is 1.06 bits per heavy atom. The standard InChI is InChI=1S/C24H21N5O4/c30-23(17-8-11-19(20(15-17)29(31)32)28-13-2-1-3-14-28)26-18-9-6-16(7-10-18)24-27-22-21(33-24)5-4-12-25-22/h4-12,15H,1-3,13-14H2,(H,26,30). The van der Waals surface area contributed by atoms with E-state index in [2.05, 4.69) is 15.3 Å². The van der Waals surface area contributed by atoms with E-state index in [1.165, 1.54) is 6.07 Å². The first-order valence-corrected chi connectivity index (χ1v) is 10.8. The van der Waals surface area contributed by atoms with Crippen LogP contribution in [0, 0.1) is 10.1 Å². The maximum Gasteiger partial charge on any atom is 0.293 e. The number of nitrogens with zero attached hydrogens (tertiary/aromatic N) is 4. The van der Waals surface area contributed by atoms with Gasteiger partial charge in [0.2, 0.25) is 5.89 Å². The number of nitro benzene ring substituents is 1. The molecule has 0 radical (unpaired) electrons. The molecule has 0 atom stereocenters. The predicted molar refractivity (Wildman–Crippen MR) is 124 cm³/mol. The molecule has 0 saturated carbocycles. The smallest absolute Gasteiger partial charge is 0.293 e. The lowest BCUT2D eigenvalue weighted by Gasteiger charge is -2.28. The van der Waals surface area contributed by atoms with Crippen LogP contribution in [-0.2, 0) is 0 Å². The van der Waals surface area contributed by atoms with Crippen molar-refractivity contribution in [3.63, 3.8) is 0 Å². The molecule has 2 aromatic heterocycles. The summed E-state index contributed by atoms with van der Waals surface area (Å²) in [6, 6.07) is 15.2. The minimum atomic E-state index is -0.426. The first kappa shape index (κ1) is 20.6. The number of nitrogens with one attached hydrogen (secondary N) is 1. The van der Waals surface area contributed by atoms with Crippen molar-refractivity contribution in [3.8, 4) is 11.5 Å². The number of carbonyl (C=O) groups is 1. The number of aromatic nitrogens is 2. The highest BCUT2D eigenvalue weighted by Gasteiger charge is 2.23. The highest BCUT2D eigenvalue weighted by molar-refractivity contribution is 6.05. The number of benzene rings is 2. The van der Waals surface area contributed by atoms with Crippen LogP contribution in [0.3, 0.4) is 0 Å². The van der Waals surface area contributed by atoms with Gasteiger partial charge in [-0.15, -0.1) is 0 Å². The van der Waals surface area contributed by atoms with Crippen molar-refractivity contribution in [1.82, 2.24) is 9.97 Å². The SMILES string of the molecule is O=C(Nc1ccc(-c2nc3ncccc3o2)cc1)c1ccc(N2CCCCC2)c([N+](=O)[O-])c1. The molecule has 3 heterocycles. The summed E-state index contributed by atoms with van der Waals surface area (Å²) < 4.78 is 5.71. The van der Waals surface area contributed by atoms with Crippen molar-refractivity contribution in [1.29, 1.82) is 0 Å². The van der Waals surface area contributed by atoms with Crippen LogP contribution in [-0.4, -0.2) is 33.9 Å². The molecule has 4 aromatic rings. The molecule has 1 saturated heterocycles. The van der Waals surface area contributed by atoms with Crippen molar-refractivity contribution in [3.05, 3.63) is 76.5 Å². The monoisotopic (exact) mass is 443 g/mol. The summed E-state index contributed by atoms with van der Waals surface area (Å²) in [5.74, 6) is 0.0209. The summed E-state index contributed by atoms with van der Waals surface area (Å²) in [6.45, 7) is 1.57. The molecular formula is C24H21N5O4. The lowest BCUT2D eigenvalue weighted by atomic mass is 10.1. The number of rotatable bonds is 5. The van der Waals surface area contributed by atoms with Gasteiger partial charge in [-0.05, 0) is 67.8 Å². The first-order chi connectivity index (χ1) is 16.1. The number of piperidine rings is 1. The van der Waals surface area contributed by atoms with E-state index in [4.69, 9.17) is 4.42 Å². The van der Waals surface area contributed by atoms with Crippen LogP contribution < -0.4 is 10.2 Å². The second-order valence-corrected chi connectivity index (χ2v) is 7.88. The zero-order valence-corrected chi connectivity index (χ0v) is 17.7. The maximum absolute atomic E-state index is 12.8. The fraction of sp³-hybridized carbons (Fsp3) is 0.208. The van der Waals surface area contributed by atoms with Gasteiger partial charge in [0.05, 0.1) is 4.92 Å². The van der Waals surface area contributed by atoms with E-state index in [1.54, 1.807) is 54.7 Å². The van der Waals surface area contributed by atoms with Crippen molar-refractivity contribution >= 4 is 34.2 Å². The molecule has 166 valence electrons. The van der Waals surface area contributed by atoms with E-state index in [9.17, 15) is 14.9 Å². The van der Waals surface area contributed by atoms with Crippen LogP contribution >= 0.6 is 0 Å². The highest BCUT2D eigenvalue weighted by atomic mass is 16.6. The van der Waals surface area contributed by atoms with Crippen LogP contribution in [0.1, 0.15) is 29.6 Å². The number of carbonyl (C=O) groups excluding carboxylic acids is 1. The Morgan fingerprint density at radius 3 is 2.58 bits per heavy atom. The second-order valence-electron chi connectivity index (χ2n) is 7.88. The lowest BCUT2D eigenvalue weighted by molar-refractivity contribution is -0.384. The number of hydrogen-bond donors (Lipinski definition) is 1. The molecule has 0 aliphatic carbocycles. The Kier molecular flexibility index (Phi) is 5.43. The third-order valence-corrected chi connectivity index (χ3v) is 5.69. The van der Waals surface area contributed by atoms with Gasteiger partial charge in [-0.3, -0.25) is 14.9 Å². The van der Waals surface area contributed by atoms with E-state index in [0.717, 1.165) is 37.9 Å². The number of oxazole rings is 1. The van der Waals surface area contributed by atoms with E-state index >= 15 is 0 Å². The van der Waals surface area contributed by atoms with Crippen molar-refractivity contribution in [2.75, 3.05) is 23.3 Å². The van der Waals surface area contributed by atoms with Crippen LogP contribution in [0.5, 0.6) is 0 Å². The quantitative estimate of drug-likeness (QED) is 0.339. The van der Waals surface area contributed by atoms with Crippen LogP contribution in [0.25, 0.3) is 22.7 Å². The average molecular weight is 443 g/mol. The van der Waals surface area contributed by atoms with Gasteiger partial charge in [0.15, 0.2) is 11.2 Å². The maximum atomic E-state index is 12.8. The molecule has 1 amide bonds. The molecule has 5 rings (SSSR count). The fourth-order valence-electron chi connectivity index (χ4n) is 4.01.